The summed E-state index contributed by atoms with van der Waals surface area (Å²) in [4.78, 5) is 23.2. The Morgan fingerprint density at radius 3 is 2.89 bits per heavy atom. The summed E-state index contributed by atoms with van der Waals surface area (Å²) in [7, 11) is 1.28. The first-order chi connectivity index (χ1) is 8.61. The minimum absolute atomic E-state index is 0.164. The predicted octanol–water partition coefficient (Wildman–Crippen LogP) is 2.08. The molecule has 0 spiro atoms. The zero-order valence-electron chi connectivity index (χ0n) is 9.72. The molecule has 2 aromatic rings. The first kappa shape index (κ1) is 12.3. The van der Waals surface area contributed by atoms with Gasteiger partial charge in [0, 0.05) is 6.07 Å². The number of aromatic nitrogens is 1. The van der Waals surface area contributed by atoms with Crippen LogP contribution in [0.15, 0.2) is 22.0 Å². The maximum Gasteiger partial charge on any atom is 0.340 e. The van der Waals surface area contributed by atoms with Crippen LogP contribution < -0.4 is 5.32 Å². The molecule has 0 saturated heterocycles. The zero-order valence-corrected chi connectivity index (χ0v) is 10.5. The molecule has 2 rings (SSSR count). The van der Waals surface area contributed by atoms with Crippen molar-refractivity contribution in [2.45, 2.75) is 6.92 Å². The monoisotopic (exact) mass is 266 g/mol. The second-order valence-corrected chi connectivity index (χ2v) is 4.35. The summed E-state index contributed by atoms with van der Waals surface area (Å²) in [5.74, 6) is -0.387. The van der Waals surface area contributed by atoms with E-state index in [2.05, 4.69) is 15.2 Å². The highest BCUT2D eigenvalue weighted by atomic mass is 32.1. The average molecular weight is 266 g/mol. The normalized spacial score (nSPS) is 10.1. The van der Waals surface area contributed by atoms with Crippen molar-refractivity contribution in [3.8, 4) is 0 Å². The van der Waals surface area contributed by atoms with Gasteiger partial charge in [-0.15, -0.1) is 11.3 Å². The molecule has 0 radical (unpaired) electrons. The van der Waals surface area contributed by atoms with Crippen LogP contribution in [-0.2, 0) is 4.74 Å². The van der Waals surface area contributed by atoms with Crippen LogP contribution in [0, 0.1) is 6.92 Å². The van der Waals surface area contributed by atoms with Gasteiger partial charge in [-0.25, -0.2) is 4.79 Å². The van der Waals surface area contributed by atoms with E-state index in [-0.39, 0.29) is 5.69 Å². The molecule has 0 saturated carbocycles. The van der Waals surface area contributed by atoms with Gasteiger partial charge < -0.3 is 14.6 Å². The van der Waals surface area contributed by atoms with Crippen molar-refractivity contribution in [3.63, 3.8) is 0 Å². The van der Waals surface area contributed by atoms with Crippen molar-refractivity contribution in [2.75, 3.05) is 12.4 Å². The van der Waals surface area contributed by atoms with Crippen molar-refractivity contribution in [1.29, 1.82) is 0 Å². The fourth-order valence-corrected chi connectivity index (χ4v) is 2.09. The van der Waals surface area contributed by atoms with E-state index in [1.165, 1.54) is 24.5 Å². The van der Waals surface area contributed by atoms with E-state index in [1.54, 1.807) is 18.4 Å². The molecule has 0 aliphatic heterocycles. The van der Waals surface area contributed by atoms with Crippen LogP contribution in [0.2, 0.25) is 0 Å². The quantitative estimate of drug-likeness (QED) is 0.860. The Bertz CT molecular complexity index is 587. The number of rotatable bonds is 3. The van der Waals surface area contributed by atoms with Crippen molar-refractivity contribution in [1.82, 2.24) is 5.16 Å². The topological polar surface area (TPSA) is 81.4 Å². The highest BCUT2D eigenvalue weighted by Crippen LogP contribution is 2.24. The second-order valence-electron chi connectivity index (χ2n) is 3.43. The van der Waals surface area contributed by atoms with Crippen molar-refractivity contribution >= 4 is 28.2 Å². The number of carbonyl (C=O) groups is 2. The fourth-order valence-electron chi connectivity index (χ4n) is 1.32. The molecule has 1 amide bonds. The lowest BCUT2D eigenvalue weighted by Crippen LogP contribution is -2.14. The molecule has 1 N–H and O–H groups in total. The van der Waals surface area contributed by atoms with Gasteiger partial charge in [0.2, 0.25) is 0 Å². The van der Waals surface area contributed by atoms with E-state index in [4.69, 9.17) is 4.52 Å². The van der Waals surface area contributed by atoms with Crippen LogP contribution in [0.1, 0.15) is 26.6 Å². The number of aryl methyl sites for hydroxylation is 1. The first-order valence-electron chi connectivity index (χ1n) is 5.02. The number of nitrogens with one attached hydrogen (secondary N) is 1. The molecule has 2 aromatic heterocycles. The van der Waals surface area contributed by atoms with Crippen LogP contribution in [0.4, 0.5) is 5.00 Å². The van der Waals surface area contributed by atoms with Gasteiger partial charge in [-0.2, -0.15) is 0 Å². The number of amides is 1. The molecule has 0 unspecified atom stereocenters. The Kier molecular flexibility index (Phi) is 3.42. The first-order valence-corrected chi connectivity index (χ1v) is 5.90. The van der Waals surface area contributed by atoms with Crippen LogP contribution >= 0.6 is 11.3 Å². The number of methoxy groups -OCH3 is 1. The molecule has 0 aliphatic rings. The van der Waals surface area contributed by atoms with Crippen LogP contribution in [0.25, 0.3) is 0 Å². The zero-order chi connectivity index (χ0) is 13.1. The van der Waals surface area contributed by atoms with E-state index < -0.39 is 11.9 Å². The molecule has 7 heteroatoms. The highest BCUT2D eigenvalue weighted by molar-refractivity contribution is 7.14. The van der Waals surface area contributed by atoms with E-state index >= 15 is 0 Å². The summed E-state index contributed by atoms with van der Waals surface area (Å²) in [5, 5.41) is 8.30. The molecule has 0 atom stereocenters. The van der Waals surface area contributed by atoms with Gasteiger partial charge >= 0.3 is 5.97 Å². The Labute approximate surface area is 107 Å². The minimum atomic E-state index is -0.497. The Morgan fingerprint density at radius 1 is 1.50 bits per heavy atom. The summed E-state index contributed by atoms with van der Waals surface area (Å²) >= 11 is 1.23. The Hall–Kier alpha value is -2.15. The molecule has 94 valence electrons. The smallest absolute Gasteiger partial charge is 0.340 e. The molecular formula is C11H10N2O4S. The third-order valence-electron chi connectivity index (χ3n) is 2.16. The number of hydrogen-bond acceptors (Lipinski definition) is 6. The van der Waals surface area contributed by atoms with E-state index in [0.29, 0.717) is 16.3 Å². The molecule has 0 aromatic carbocycles. The average Bonchev–Trinajstić information content (AvgIpc) is 2.97. The summed E-state index contributed by atoms with van der Waals surface area (Å²) in [6.07, 6.45) is 0. The van der Waals surface area contributed by atoms with Gasteiger partial charge in [-0.05, 0) is 18.4 Å². The second kappa shape index (κ2) is 5.01. The van der Waals surface area contributed by atoms with Crippen LogP contribution in [0.3, 0.4) is 0 Å². The lowest BCUT2D eigenvalue weighted by Gasteiger charge is -2.02. The lowest BCUT2D eigenvalue weighted by molar-refractivity contribution is 0.0602. The summed E-state index contributed by atoms with van der Waals surface area (Å²) < 4.78 is 9.41. The molecular weight excluding hydrogens is 256 g/mol. The van der Waals surface area contributed by atoms with Gasteiger partial charge in [0.15, 0.2) is 5.69 Å². The van der Waals surface area contributed by atoms with Crippen molar-refractivity contribution in [2.24, 2.45) is 0 Å². The van der Waals surface area contributed by atoms with Gasteiger partial charge in [0.1, 0.15) is 10.8 Å². The largest absolute Gasteiger partial charge is 0.465 e. The number of anilines is 1. The molecule has 0 bridgehead atoms. The Balaban J connectivity index is 2.17. The maximum absolute atomic E-state index is 11.8. The molecule has 0 fully saturated rings. The minimum Gasteiger partial charge on any atom is -0.465 e. The SMILES string of the molecule is COC(=O)c1ccsc1NC(=O)c1cc(C)on1. The van der Waals surface area contributed by atoms with Crippen molar-refractivity contribution in [3.05, 3.63) is 34.5 Å². The third-order valence-corrected chi connectivity index (χ3v) is 2.99. The third kappa shape index (κ3) is 2.40. The number of carbonyl (C=O) groups excluding carboxylic acids is 2. The number of thiophene rings is 1. The molecule has 6 nitrogen and oxygen atoms in total. The number of nitrogens with zero attached hydrogens (tertiary/aromatic N) is 1. The Morgan fingerprint density at radius 2 is 2.28 bits per heavy atom. The lowest BCUT2D eigenvalue weighted by atomic mass is 10.3. The fraction of sp³-hybridized carbons (Fsp3) is 0.182. The maximum atomic E-state index is 11.8. The summed E-state index contributed by atoms with van der Waals surface area (Å²) in [6, 6.07) is 3.10. The highest BCUT2D eigenvalue weighted by Gasteiger charge is 2.17. The summed E-state index contributed by atoms with van der Waals surface area (Å²) in [6.45, 7) is 1.69. The number of hydrogen-bond donors (Lipinski definition) is 1. The molecule has 2 heterocycles. The van der Waals surface area contributed by atoms with E-state index in [0.717, 1.165) is 0 Å². The van der Waals surface area contributed by atoms with Gasteiger partial charge in [0.05, 0.1) is 12.7 Å². The standard InChI is InChI=1S/C11H10N2O4S/c1-6-5-8(13-17-6)9(14)12-10-7(3-4-18-10)11(15)16-2/h3-5H,1-2H3,(H,12,14). The van der Waals surface area contributed by atoms with Crippen molar-refractivity contribution < 1.29 is 18.8 Å². The van der Waals surface area contributed by atoms with E-state index in [1.807, 2.05) is 0 Å². The van der Waals surface area contributed by atoms with Gasteiger partial charge in [-0.1, -0.05) is 5.16 Å². The molecule has 18 heavy (non-hydrogen) atoms. The number of ether oxygens (including phenoxy) is 1. The van der Waals surface area contributed by atoms with Crippen LogP contribution in [0.5, 0.6) is 0 Å². The van der Waals surface area contributed by atoms with Gasteiger partial charge in [-0.3, -0.25) is 4.79 Å². The predicted molar refractivity (Wildman–Crippen MR) is 64.9 cm³/mol. The van der Waals surface area contributed by atoms with E-state index in [9.17, 15) is 9.59 Å². The van der Waals surface area contributed by atoms with Crippen LogP contribution in [-0.4, -0.2) is 24.1 Å². The van der Waals surface area contributed by atoms with Gasteiger partial charge in [0.25, 0.3) is 5.91 Å². The number of esters is 1. The molecule has 0 aliphatic carbocycles. The summed E-state index contributed by atoms with van der Waals surface area (Å²) in [5.41, 5.74) is 0.479.